The molecule has 10 heteroatoms. The number of halogens is 3. The maximum atomic E-state index is 12.6. The van der Waals surface area contributed by atoms with Crippen LogP contribution in [0.15, 0.2) is 41.7 Å². The topological polar surface area (TPSA) is 68.3 Å². The third kappa shape index (κ3) is 3.64. The van der Waals surface area contributed by atoms with Crippen molar-refractivity contribution in [3.63, 3.8) is 0 Å². The number of piperidine rings is 1. The molecule has 0 radical (unpaired) electrons. The summed E-state index contributed by atoms with van der Waals surface area (Å²) in [4.78, 5) is 21.6. The smallest absolute Gasteiger partial charge is 0.355 e. The zero-order valence-corrected chi connectivity index (χ0v) is 14.3. The molecule has 0 unspecified atom stereocenters. The fourth-order valence-electron chi connectivity index (χ4n) is 3.31. The minimum Gasteiger partial charge on any atom is -0.355 e. The van der Waals surface area contributed by atoms with Crippen LogP contribution in [0.1, 0.15) is 18.5 Å². The Balaban J connectivity index is 1.40. The second-order valence-electron chi connectivity index (χ2n) is 6.61. The summed E-state index contributed by atoms with van der Waals surface area (Å²) in [6.07, 6.45) is 1.50. The molecule has 0 amide bonds. The van der Waals surface area contributed by atoms with Gasteiger partial charge in [-0.25, -0.2) is 14.5 Å². The Hall–Kier alpha value is -2.91. The standard InChI is InChI=1S/C17H17F3N6O/c18-17(19,20)13-9-16(27)25(11-22-13)10-12-3-6-24(7-4-12)15-2-1-14-21-5-8-26(14)23-15/h1-2,5,8-9,11-12H,3-4,6-7,10H2. The summed E-state index contributed by atoms with van der Waals surface area (Å²) >= 11 is 0. The first-order chi connectivity index (χ1) is 12.9. The number of imidazole rings is 1. The van der Waals surface area contributed by atoms with Crippen molar-refractivity contribution in [2.75, 3.05) is 18.0 Å². The van der Waals surface area contributed by atoms with Crippen LogP contribution >= 0.6 is 0 Å². The summed E-state index contributed by atoms with van der Waals surface area (Å²) in [5, 5.41) is 4.52. The highest BCUT2D eigenvalue weighted by molar-refractivity contribution is 5.45. The Bertz CT molecular complexity index is 1000. The first-order valence-corrected chi connectivity index (χ1v) is 8.59. The minimum absolute atomic E-state index is 0.203. The average Bonchev–Trinajstić information content (AvgIpc) is 3.11. The van der Waals surface area contributed by atoms with Crippen LogP contribution in [0, 0.1) is 5.92 Å². The zero-order chi connectivity index (χ0) is 19.0. The monoisotopic (exact) mass is 378 g/mol. The summed E-state index contributed by atoms with van der Waals surface area (Å²) in [5.41, 5.74) is -1.05. The number of hydrogen-bond acceptors (Lipinski definition) is 5. The van der Waals surface area contributed by atoms with Crippen LogP contribution in [0.2, 0.25) is 0 Å². The summed E-state index contributed by atoms with van der Waals surface area (Å²) in [5.74, 6) is 1.06. The molecule has 0 bridgehead atoms. The van der Waals surface area contributed by atoms with E-state index >= 15 is 0 Å². The van der Waals surface area contributed by atoms with Gasteiger partial charge in [-0.1, -0.05) is 0 Å². The fraction of sp³-hybridized carbons (Fsp3) is 0.412. The van der Waals surface area contributed by atoms with Crippen LogP contribution in [0.5, 0.6) is 0 Å². The van der Waals surface area contributed by atoms with E-state index in [9.17, 15) is 18.0 Å². The number of rotatable bonds is 3. The lowest BCUT2D eigenvalue weighted by Crippen LogP contribution is -2.37. The van der Waals surface area contributed by atoms with E-state index in [1.54, 1.807) is 16.9 Å². The first kappa shape index (κ1) is 17.5. The molecule has 0 atom stereocenters. The van der Waals surface area contributed by atoms with Gasteiger partial charge in [0.05, 0.1) is 6.33 Å². The fourth-order valence-corrected chi connectivity index (χ4v) is 3.31. The molecule has 27 heavy (non-hydrogen) atoms. The first-order valence-electron chi connectivity index (χ1n) is 8.59. The van der Waals surface area contributed by atoms with Gasteiger partial charge in [0.15, 0.2) is 11.3 Å². The van der Waals surface area contributed by atoms with Gasteiger partial charge >= 0.3 is 6.18 Å². The second kappa shape index (κ2) is 6.67. The van der Waals surface area contributed by atoms with E-state index in [0.717, 1.165) is 43.7 Å². The summed E-state index contributed by atoms with van der Waals surface area (Å²) in [7, 11) is 0. The van der Waals surface area contributed by atoms with Crippen LogP contribution in [0.25, 0.3) is 5.65 Å². The molecule has 3 aromatic heterocycles. The number of alkyl halides is 3. The van der Waals surface area contributed by atoms with Crippen molar-refractivity contribution in [1.29, 1.82) is 0 Å². The van der Waals surface area contributed by atoms with Gasteiger partial charge in [0.2, 0.25) is 0 Å². The van der Waals surface area contributed by atoms with Crippen LogP contribution in [0.4, 0.5) is 19.0 Å². The summed E-state index contributed by atoms with van der Waals surface area (Å²) in [6.45, 7) is 1.90. The third-order valence-electron chi connectivity index (χ3n) is 4.80. The zero-order valence-electron chi connectivity index (χ0n) is 14.3. The molecule has 0 spiro atoms. The van der Waals surface area contributed by atoms with Crippen LogP contribution in [-0.4, -0.2) is 37.2 Å². The predicted molar refractivity (Wildman–Crippen MR) is 91.4 cm³/mol. The quantitative estimate of drug-likeness (QED) is 0.699. The lowest BCUT2D eigenvalue weighted by Gasteiger charge is -2.32. The summed E-state index contributed by atoms with van der Waals surface area (Å²) < 4.78 is 40.8. The molecule has 4 heterocycles. The number of anilines is 1. The highest BCUT2D eigenvalue weighted by Gasteiger charge is 2.33. The molecule has 1 aliphatic heterocycles. The van der Waals surface area contributed by atoms with Gasteiger partial charge in [-0.2, -0.15) is 13.2 Å². The number of hydrogen-bond donors (Lipinski definition) is 0. The van der Waals surface area contributed by atoms with Crippen molar-refractivity contribution in [1.82, 2.24) is 24.1 Å². The van der Waals surface area contributed by atoms with Gasteiger partial charge in [0, 0.05) is 38.1 Å². The molecule has 1 fully saturated rings. The Labute approximate surface area is 152 Å². The molecule has 0 saturated carbocycles. The Morgan fingerprint density at radius 2 is 1.93 bits per heavy atom. The predicted octanol–water partition coefficient (Wildman–Crippen LogP) is 2.22. The molecular formula is C17H17F3N6O. The van der Waals surface area contributed by atoms with Gasteiger partial charge < -0.3 is 4.90 Å². The van der Waals surface area contributed by atoms with Crippen molar-refractivity contribution < 1.29 is 13.2 Å². The van der Waals surface area contributed by atoms with E-state index in [1.165, 1.54) is 4.57 Å². The molecule has 0 aromatic carbocycles. The Morgan fingerprint density at radius 3 is 2.63 bits per heavy atom. The van der Waals surface area contributed by atoms with Crippen molar-refractivity contribution >= 4 is 11.5 Å². The van der Waals surface area contributed by atoms with Gasteiger partial charge in [-0.15, -0.1) is 5.10 Å². The Kier molecular flexibility index (Phi) is 4.33. The highest BCUT2D eigenvalue weighted by atomic mass is 19.4. The second-order valence-corrected chi connectivity index (χ2v) is 6.61. The maximum absolute atomic E-state index is 12.6. The van der Waals surface area contributed by atoms with Crippen molar-refractivity contribution in [2.45, 2.75) is 25.6 Å². The molecule has 0 N–H and O–H groups in total. The van der Waals surface area contributed by atoms with Crippen molar-refractivity contribution in [3.8, 4) is 0 Å². The molecule has 1 saturated heterocycles. The van der Waals surface area contributed by atoms with Gasteiger partial charge in [0.25, 0.3) is 5.56 Å². The number of nitrogens with zero attached hydrogens (tertiary/aromatic N) is 6. The lowest BCUT2D eigenvalue weighted by atomic mass is 9.96. The van der Waals surface area contributed by atoms with Crippen molar-refractivity contribution in [2.24, 2.45) is 5.92 Å². The van der Waals surface area contributed by atoms with Crippen LogP contribution in [-0.2, 0) is 12.7 Å². The van der Waals surface area contributed by atoms with E-state index in [0.29, 0.717) is 12.6 Å². The SMILES string of the molecule is O=c1cc(C(F)(F)F)ncn1CC1CCN(c2ccc3nccn3n2)CC1. The average molecular weight is 378 g/mol. The van der Waals surface area contributed by atoms with E-state index in [4.69, 9.17) is 0 Å². The Morgan fingerprint density at radius 1 is 1.15 bits per heavy atom. The largest absolute Gasteiger partial charge is 0.433 e. The normalized spacial score (nSPS) is 16.2. The molecule has 142 valence electrons. The highest BCUT2D eigenvalue weighted by Crippen LogP contribution is 2.26. The lowest BCUT2D eigenvalue weighted by molar-refractivity contribution is -0.141. The summed E-state index contributed by atoms with van der Waals surface area (Å²) in [6, 6.07) is 4.38. The van der Waals surface area contributed by atoms with Gasteiger partial charge in [0.1, 0.15) is 5.82 Å². The molecule has 3 aromatic rings. The van der Waals surface area contributed by atoms with Gasteiger partial charge in [-0.05, 0) is 30.9 Å². The molecule has 1 aliphatic rings. The minimum atomic E-state index is -4.60. The third-order valence-corrected chi connectivity index (χ3v) is 4.80. The number of fused-ring (bicyclic) bond motifs is 1. The maximum Gasteiger partial charge on any atom is 0.433 e. The van der Waals surface area contributed by atoms with E-state index < -0.39 is 17.4 Å². The van der Waals surface area contributed by atoms with Crippen LogP contribution in [0.3, 0.4) is 0 Å². The number of aromatic nitrogens is 5. The molecule has 7 nitrogen and oxygen atoms in total. The van der Waals surface area contributed by atoms with E-state index in [-0.39, 0.29) is 5.92 Å². The van der Waals surface area contributed by atoms with Gasteiger partial charge in [-0.3, -0.25) is 9.36 Å². The molecule has 0 aliphatic carbocycles. The van der Waals surface area contributed by atoms with Crippen molar-refractivity contribution in [3.05, 3.63) is 53.0 Å². The molecule has 4 rings (SSSR count). The molecular weight excluding hydrogens is 361 g/mol. The van der Waals surface area contributed by atoms with Crippen LogP contribution < -0.4 is 10.5 Å². The van der Waals surface area contributed by atoms with E-state index in [2.05, 4.69) is 20.0 Å². The van der Waals surface area contributed by atoms with E-state index in [1.807, 2.05) is 12.1 Å².